The highest BCUT2D eigenvalue weighted by molar-refractivity contribution is 7.10. The Morgan fingerprint density at radius 3 is 2.90 bits per heavy atom. The van der Waals surface area contributed by atoms with E-state index in [4.69, 9.17) is 5.73 Å². The van der Waals surface area contributed by atoms with E-state index in [1.165, 1.54) is 4.90 Å². The minimum absolute atomic E-state index is 0.171. The van der Waals surface area contributed by atoms with Gasteiger partial charge >= 0.3 is 12.0 Å². The van der Waals surface area contributed by atoms with Gasteiger partial charge in [-0.2, -0.15) is 0 Å². The van der Waals surface area contributed by atoms with E-state index in [9.17, 15) is 14.7 Å². The van der Waals surface area contributed by atoms with Crippen LogP contribution in [0.3, 0.4) is 0 Å². The second-order valence-corrected chi connectivity index (χ2v) is 6.60. The molecule has 21 heavy (non-hydrogen) atoms. The zero-order valence-corrected chi connectivity index (χ0v) is 12.5. The molecule has 2 atom stereocenters. The van der Waals surface area contributed by atoms with Crippen LogP contribution in [0.5, 0.6) is 0 Å². The monoisotopic (exact) mass is 309 g/mol. The molecule has 6 nitrogen and oxygen atoms in total. The van der Waals surface area contributed by atoms with Gasteiger partial charge in [0.25, 0.3) is 0 Å². The number of carboxylic acids is 1. The number of nitrogens with two attached hydrogens (primary N) is 1. The highest BCUT2D eigenvalue weighted by atomic mass is 32.1. The summed E-state index contributed by atoms with van der Waals surface area (Å²) >= 11 is 1.57. The molecule has 1 saturated heterocycles. The van der Waals surface area contributed by atoms with Gasteiger partial charge < -0.3 is 20.6 Å². The fraction of sp³-hybridized carbons (Fsp3) is 0.571. The number of thiophene rings is 1. The fourth-order valence-corrected chi connectivity index (χ4v) is 4.07. The summed E-state index contributed by atoms with van der Waals surface area (Å²) in [5, 5.41) is 11.4. The molecule has 3 rings (SSSR count). The Kier molecular flexibility index (Phi) is 3.86. The molecule has 114 valence electrons. The summed E-state index contributed by atoms with van der Waals surface area (Å²) in [4.78, 5) is 28.6. The molecule has 1 aromatic heterocycles. The number of aliphatic carboxylic acids is 1. The molecular weight excluding hydrogens is 290 g/mol. The molecule has 0 spiro atoms. The lowest BCUT2D eigenvalue weighted by Crippen LogP contribution is -2.49. The topological polar surface area (TPSA) is 86.9 Å². The molecule has 1 fully saturated rings. The lowest BCUT2D eigenvalue weighted by atomic mass is 10.0. The van der Waals surface area contributed by atoms with E-state index in [1.54, 1.807) is 16.2 Å². The Hall–Kier alpha value is -1.60. The lowest BCUT2D eigenvalue weighted by molar-refractivity contribution is -0.143. The summed E-state index contributed by atoms with van der Waals surface area (Å²) in [6.45, 7) is 2.34. The number of fused-ring (bicyclic) bond motifs is 1. The van der Waals surface area contributed by atoms with Crippen molar-refractivity contribution in [2.45, 2.75) is 18.9 Å². The third-order valence-corrected chi connectivity index (χ3v) is 5.33. The largest absolute Gasteiger partial charge is 0.479 e. The van der Waals surface area contributed by atoms with Gasteiger partial charge in [0.1, 0.15) is 0 Å². The molecule has 3 N–H and O–H groups in total. The van der Waals surface area contributed by atoms with E-state index in [0.29, 0.717) is 32.1 Å². The Balaban J connectivity index is 1.81. The van der Waals surface area contributed by atoms with Crippen molar-refractivity contribution in [3.63, 3.8) is 0 Å². The molecule has 2 aliphatic heterocycles. The number of hydrogen-bond donors (Lipinski definition) is 2. The molecule has 0 aromatic carbocycles. The number of nitrogens with zero attached hydrogens (tertiary/aromatic N) is 2. The van der Waals surface area contributed by atoms with Crippen molar-refractivity contribution in [2.75, 3.05) is 26.2 Å². The molecule has 0 radical (unpaired) electrons. The molecule has 2 amide bonds. The maximum absolute atomic E-state index is 12.7. The molecule has 0 bridgehead atoms. The molecule has 7 heteroatoms. The summed E-state index contributed by atoms with van der Waals surface area (Å²) in [6.07, 6.45) is 1.63. The quantitative estimate of drug-likeness (QED) is 0.857. The Labute approximate surface area is 127 Å². The zero-order chi connectivity index (χ0) is 15.0. The zero-order valence-electron chi connectivity index (χ0n) is 11.7. The molecular formula is C14H19N3O3S. The van der Waals surface area contributed by atoms with Crippen LogP contribution in [0.15, 0.2) is 11.4 Å². The first kappa shape index (κ1) is 14.3. The number of rotatable bonds is 2. The van der Waals surface area contributed by atoms with E-state index in [0.717, 1.165) is 23.3 Å². The van der Waals surface area contributed by atoms with Crippen LogP contribution in [0.25, 0.3) is 0 Å². The Morgan fingerprint density at radius 2 is 2.24 bits per heavy atom. The smallest absolute Gasteiger partial charge is 0.331 e. The highest BCUT2D eigenvalue weighted by Crippen LogP contribution is 2.34. The summed E-state index contributed by atoms with van der Waals surface area (Å²) in [6, 6.07) is 0.796. The predicted octanol–water partition coefficient (Wildman–Crippen LogP) is 1.13. The van der Waals surface area contributed by atoms with Gasteiger partial charge in [0.2, 0.25) is 0 Å². The van der Waals surface area contributed by atoms with E-state index >= 15 is 0 Å². The second-order valence-electron chi connectivity index (χ2n) is 5.60. The predicted molar refractivity (Wildman–Crippen MR) is 79.2 cm³/mol. The van der Waals surface area contributed by atoms with Crippen LogP contribution in [0.4, 0.5) is 4.79 Å². The lowest BCUT2D eigenvalue weighted by Gasteiger charge is -2.35. The number of likely N-dealkylation sites (tertiary alicyclic amines) is 1. The van der Waals surface area contributed by atoms with Gasteiger partial charge in [-0.15, -0.1) is 11.3 Å². The summed E-state index contributed by atoms with van der Waals surface area (Å²) in [5.41, 5.74) is 6.42. The third-order valence-electron chi connectivity index (χ3n) is 4.34. The number of carbonyl (C=O) groups excluding carboxylic acids is 1. The summed E-state index contributed by atoms with van der Waals surface area (Å²) in [7, 11) is 0. The number of carboxylic acid groups (broad SMARTS) is 1. The highest BCUT2D eigenvalue weighted by Gasteiger charge is 2.39. The van der Waals surface area contributed by atoms with Crippen molar-refractivity contribution in [2.24, 2.45) is 11.7 Å². The SMILES string of the molecule is NCC1CCN(C(=O)N2CCc3sccc3C2C(=O)O)C1. The van der Waals surface area contributed by atoms with Gasteiger partial charge in [0, 0.05) is 24.5 Å². The molecule has 0 saturated carbocycles. The summed E-state index contributed by atoms with van der Waals surface area (Å²) < 4.78 is 0. The van der Waals surface area contributed by atoms with Gasteiger partial charge in [-0.3, -0.25) is 0 Å². The van der Waals surface area contributed by atoms with Crippen molar-refractivity contribution < 1.29 is 14.7 Å². The normalized spacial score (nSPS) is 25.0. The first-order valence-electron chi connectivity index (χ1n) is 7.16. The number of carbonyl (C=O) groups is 2. The minimum atomic E-state index is -0.961. The van der Waals surface area contributed by atoms with Gasteiger partial charge in [-0.25, -0.2) is 9.59 Å². The maximum Gasteiger partial charge on any atom is 0.331 e. The van der Waals surface area contributed by atoms with Crippen LogP contribution in [-0.4, -0.2) is 53.1 Å². The maximum atomic E-state index is 12.7. The first-order valence-corrected chi connectivity index (χ1v) is 8.04. The van der Waals surface area contributed by atoms with Gasteiger partial charge in [-0.1, -0.05) is 0 Å². The third kappa shape index (κ3) is 2.51. The van der Waals surface area contributed by atoms with Crippen LogP contribution in [0.1, 0.15) is 22.9 Å². The number of hydrogen-bond acceptors (Lipinski definition) is 4. The van der Waals surface area contributed by atoms with Crippen molar-refractivity contribution in [1.82, 2.24) is 9.80 Å². The first-order chi connectivity index (χ1) is 10.1. The molecule has 0 aliphatic carbocycles. The molecule has 3 heterocycles. The van der Waals surface area contributed by atoms with E-state index in [-0.39, 0.29) is 6.03 Å². The van der Waals surface area contributed by atoms with E-state index < -0.39 is 12.0 Å². The molecule has 2 aliphatic rings. The standard InChI is InChI=1S/C14H19N3O3S/c15-7-9-1-4-16(8-9)14(20)17-5-2-11-10(3-6-21-11)12(17)13(18)19/h3,6,9,12H,1-2,4-5,7-8,15H2,(H,18,19). The van der Waals surface area contributed by atoms with Gasteiger partial charge in [0.05, 0.1) is 0 Å². The summed E-state index contributed by atoms with van der Waals surface area (Å²) in [5.74, 6) is -0.629. The Bertz CT molecular complexity index is 559. The fourth-order valence-electron chi connectivity index (χ4n) is 3.17. The van der Waals surface area contributed by atoms with Crippen molar-refractivity contribution in [1.29, 1.82) is 0 Å². The van der Waals surface area contributed by atoms with Crippen molar-refractivity contribution in [3.8, 4) is 0 Å². The Morgan fingerprint density at radius 1 is 1.43 bits per heavy atom. The second kappa shape index (κ2) is 5.65. The average molecular weight is 309 g/mol. The van der Waals surface area contributed by atoms with E-state index in [1.807, 2.05) is 11.4 Å². The van der Waals surface area contributed by atoms with Crippen molar-refractivity contribution >= 4 is 23.3 Å². The van der Waals surface area contributed by atoms with Crippen LogP contribution < -0.4 is 5.73 Å². The number of amides is 2. The van der Waals surface area contributed by atoms with Crippen LogP contribution >= 0.6 is 11.3 Å². The van der Waals surface area contributed by atoms with Gasteiger partial charge in [0.15, 0.2) is 6.04 Å². The number of urea groups is 1. The van der Waals surface area contributed by atoms with Gasteiger partial charge in [-0.05, 0) is 42.3 Å². The van der Waals surface area contributed by atoms with Crippen LogP contribution in [0, 0.1) is 5.92 Å². The molecule has 2 unspecified atom stereocenters. The van der Waals surface area contributed by atoms with Crippen molar-refractivity contribution in [3.05, 3.63) is 21.9 Å². The van der Waals surface area contributed by atoms with E-state index in [2.05, 4.69) is 0 Å². The minimum Gasteiger partial charge on any atom is -0.479 e. The average Bonchev–Trinajstić information content (AvgIpc) is 3.13. The molecule has 1 aromatic rings. The van der Waals surface area contributed by atoms with Crippen LogP contribution in [-0.2, 0) is 11.2 Å². The van der Waals surface area contributed by atoms with Crippen LogP contribution in [0.2, 0.25) is 0 Å².